The van der Waals surface area contributed by atoms with Crippen molar-refractivity contribution >= 4 is 23.7 Å². The molecule has 3 nitrogen and oxygen atoms in total. The molecule has 1 unspecified atom stereocenters. The zero-order valence-corrected chi connectivity index (χ0v) is 21.6. The Morgan fingerprint density at radius 3 is 1.78 bits per heavy atom. The van der Waals surface area contributed by atoms with Gasteiger partial charge in [0.05, 0.1) is 0 Å². The van der Waals surface area contributed by atoms with E-state index in [9.17, 15) is 4.79 Å². The summed E-state index contributed by atoms with van der Waals surface area (Å²) in [5.74, 6) is 0. The zero-order chi connectivity index (χ0) is 25.0. The number of anilines is 1. The molecule has 1 saturated heterocycles. The fraction of sp³-hybridized carbons (Fsp3) is 0.219. The third-order valence-electron chi connectivity index (χ3n) is 6.83. The van der Waals surface area contributed by atoms with Crippen LogP contribution in [0, 0.1) is 0 Å². The molecule has 1 N–H and O–H groups in total. The van der Waals surface area contributed by atoms with Crippen molar-refractivity contribution < 1.29 is 4.79 Å². The largest absolute Gasteiger partial charge is 0.368 e. The SMILES string of the molecule is CC1(C)CN(Cc2ccccc2NC(c2ccccc2)(c2ccccc2)c2ccccc2)C(C=O)S1. The lowest BCUT2D eigenvalue weighted by atomic mass is 9.76. The molecule has 4 heteroatoms. The molecule has 1 aliphatic rings. The van der Waals surface area contributed by atoms with Crippen LogP contribution < -0.4 is 5.32 Å². The topological polar surface area (TPSA) is 32.3 Å². The first-order valence-electron chi connectivity index (χ1n) is 12.4. The molecule has 0 aromatic heterocycles. The highest BCUT2D eigenvalue weighted by Crippen LogP contribution is 2.42. The van der Waals surface area contributed by atoms with Crippen LogP contribution in [0.2, 0.25) is 0 Å². The Balaban J connectivity index is 1.64. The van der Waals surface area contributed by atoms with Gasteiger partial charge in [-0.05, 0) is 42.2 Å². The van der Waals surface area contributed by atoms with E-state index in [1.54, 1.807) is 11.8 Å². The Morgan fingerprint density at radius 2 is 1.28 bits per heavy atom. The summed E-state index contributed by atoms with van der Waals surface area (Å²) in [4.78, 5) is 14.2. The maximum atomic E-state index is 11.9. The van der Waals surface area contributed by atoms with Gasteiger partial charge in [0.2, 0.25) is 0 Å². The molecule has 1 fully saturated rings. The summed E-state index contributed by atoms with van der Waals surface area (Å²) in [6.07, 6.45) is 1.08. The van der Waals surface area contributed by atoms with Gasteiger partial charge in [0.15, 0.2) is 0 Å². The first kappa shape index (κ1) is 24.4. The summed E-state index contributed by atoms with van der Waals surface area (Å²) in [6, 6.07) is 40.4. The predicted octanol–water partition coefficient (Wildman–Crippen LogP) is 6.94. The van der Waals surface area contributed by atoms with Crippen molar-refractivity contribution in [3.8, 4) is 0 Å². The minimum absolute atomic E-state index is 0.0514. The van der Waals surface area contributed by atoms with Crippen LogP contribution in [-0.4, -0.2) is 27.9 Å². The van der Waals surface area contributed by atoms with Crippen molar-refractivity contribution in [1.82, 2.24) is 4.90 Å². The average Bonchev–Trinajstić information content (AvgIpc) is 3.22. The lowest BCUT2D eigenvalue weighted by Gasteiger charge is -2.38. The number of hydrogen-bond donors (Lipinski definition) is 1. The highest BCUT2D eigenvalue weighted by Gasteiger charge is 2.39. The predicted molar refractivity (Wildman–Crippen MR) is 151 cm³/mol. The molecule has 0 aliphatic carbocycles. The van der Waals surface area contributed by atoms with E-state index in [2.05, 4.69) is 139 Å². The second-order valence-corrected chi connectivity index (χ2v) is 11.8. The van der Waals surface area contributed by atoms with Crippen LogP contribution in [0.3, 0.4) is 0 Å². The molecular formula is C32H32N2OS. The summed E-state index contributed by atoms with van der Waals surface area (Å²) in [5.41, 5.74) is 5.15. The molecule has 0 spiro atoms. The quantitative estimate of drug-likeness (QED) is 0.213. The monoisotopic (exact) mass is 492 g/mol. The van der Waals surface area contributed by atoms with E-state index < -0.39 is 5.54 Å². The van der Waals surface area contributed by atoms with Gasteiger partial charge in [-0.3, -0.25) is 4.90 Å². The van der Waals surface area contributed by atoms with Gasteiger partial charge >= 0.3 is 0 Å². The molecule has 4 aromatic carbocycles. The fourth-order valence-electron chi connectivity index (χ4n) is 5.26. The first-order chi connectivity index (χ1) is 17.5. The normalized spacial score (nSPS) is 17.6. The van der Waals surface area contributed by atoms with Crippen LogP contribution in [0.5, 0.6) is 0 Å². The zero-order valence-electron chi connectivity index (χ0n) is 20.8. The molecule has 0 saturated carbocycles. The Labute approximate surface area is 218 Å². The van der Waals surface area contributed by atoms with Gasteiger partial charge in [0, 0.05) is 23.5 Å². The number of carbonyl (C=O) groups excluding carboxylic acids is 1. The third kappa shape index (κ3) is 4.84. The van der Waals surface area contributed by atoms with Gasteiger partial charge in [0.1, 0.15) is 17.2 Å². The van der Waals surface area contributed by atoms with Crippen molar-refractivity contribution in [1.29, 1.82) is 0 Å². The summed E-state index contributed by atoms with van der Waals surface area (Å²) in [6.45, 7) is 6.00. The van der Waals surface area contributed by atoms with Crippen LogP contribution >= 0.6 is 11.8 Å². The van der Waals surface area contributed by atoms with Crippen molar-refractivity contribution in [2.24, 2.45) is 0 Å². The summed E-state index contributed by atoms with van der Waals surface area (Å²) in [5, 5.41) is 3.89. The summed E-state index contributed by atoms with van der Waals surface area (Å²) < 4.78 is 0.0514. The van der Waals surface area contributed by atoms with E-state index in [1.165, 1.54) is 22.3 Å². The van der Waals surface area contributed by atoms with Gasteiger partial charge in [-0.25, -0.2) is 0 Å². The number of nitrogens with one attached hydrogen (secondary N) is 1. The Morgan fingerprint density at radius 1 is 0.806 bits per heavy atom. The number of aldehydes is 1. The highest BCUT2D eigenvalue weighted by molar-refractivity contribution is 8.02. The maximum absolute atomic E-state index is 11.9. The van der Waals surface area contributed by atoms with Gasteiger partial charge < -0.3 is 10.1 Å². The third-order valence-corrected chi connectivity index (χ3v) is 8.25. The maximum Gasteiger partial charge on any atom is 0.147 e. The van der Waals surface area contributed by atoms with Crippen molar-refractivity contribution in [2.75, 3.05) is 11.9 Å². The Kier molecular flexibility index (Phi) is 6.99. The molecule has 1 heterocycles. The van der Waals surface area contributed by atoms with Crippen LogP contribution in [0.4, 0.5) is 5.69 Å². The van der Waals surface area contributed by atoms with Crippen molar-refractivity contribution in [2.45, 2.75) is 36.1 Å². The van der Waals surface area contributed by atoms with Crippen LogP contribution in [0.1, 0.15) is 36.1 Å². The molecule has 36 heavy (non-hydrogen) atoms. The Hall–Kier alpha value is -3.34. The van der Waals surface area contributed by atoms with Crippen molar-refractivity contribution in [3.63, 3.8) is 0 Å². The lowest BCUT2D eigenvalue weighted by molar-refractivity contribution is -0.109. The smallest absolute Gasteiger partial charge is 0.147 e. The molecule has 0 radical (unpaired) electrons. The standard InChI is InChI=1S/C32H32N2OS/c1-31(2)24-34(30(23-35)36-31)22-25-14-12-13-21-29(25)33-32(26-15-6-3-7-16-26,27-17-8-4-9-18-27)28-19-10-5-11-20-28/h3-21,23,30,33H,22,24H2,1-2H3. The molecule has 4 aromatic rings. The van der Waals surface area contributed by atoms with Crippen LogP contribution in [0.25, 0.3) is 0 Å². The molecule has 1 atom stereocenters. The second kappa shape index (κ2) is 10.3. The van der Waals surface area contributed by atoms with Crippen LogP contribution in [-0.2, 0) is 16.9 Å². The molecule has 0 bridgehead atoms. The van der Waals surface area contributed by atoms with E-state index in [0.29, 0.717) is 6.54 Å². The van der Waals surface area contributed by atoms with Gasteiger partial charge in [-0.15, -0.1) is 11.8 Å². The van der Waals surface area contributed by atoms with Crippen LogP contribution in [0.15, 0.2) is 115 Å². The molecule has 5 rings (SSSR count). The number of rotatable bonds is 8. The number of thioether (sulfide) groups is 1. The van der Waals surface area contributed by atoms with E-state index >= 15 is 0 Å². The average molecular weight is 493 g/mol. The molecule has 182 valence electrons. The first-order valence-corrected chi connectivity index (χ1v) is 13.3. The Bertz CT molecular complexity index is 1190. The molecule has 1 aliphatic heterocycles. The summed E-state index contributed by atoms with van der Waals surface area (Å²) >= 11 is 1.74. The van der Waals surface area contributed by atoms with E-state index in [-0.39, 0.29) is 10.1 Å². The number of benzene rings is 4. The second-order valence-electron chi connectivity index (χ2n) is 9.94. The van der Waals surface area contributed by atoms with E-state index in [0.717, 1.165) is 18.5 Å². The molecular weight excluding hydrogens is 460 g/mol. The summed E-state index contributed by atoms with van der Waals surface area (Å²) in [7, 11) is 0. The molecule has 0 amide bonds. The number of carbonyl (C=O) groups is 1. The fourth-order valence-corrected chi connectivity index (χ4v) is 6.51. The minimum Gasteiger partial charge on any atom is -0.368 e. The van der Waals surface area contributed by atoms with E-state index in [1.807, 2.05) is 0 Å². The number of hydrogen-bond acceptors (Lipinski definition) is 4. The van der Waals surface area contributed by atoms with E-state index in [4.69, 9.17) is 0 Å². The van der Waals surface area contributed by atoms with Gasteiger partial charge in [-0.1, -0.05) is 109 Å². The van der Waals surface area contributed by atoms with Crippen molar-refractivity contribution in [3.05, 3.63) is 138 Å². The highest BCUT2D eigenvalue weighted by atomic mass is 32.2. The van der Waals surface area contributed by atoms with Gasteiger partial charge in [-0.2, -0.15) is 0 Å². The minimum atomic E-state index is -0.594. The number of para-hydroxylation sites is 1. The van der Waals surface area contributed by atoms with Gasteiger partial charge in [0.25, 0.3) is 0 Å². The lowest BCUT2D eigenvalue weighted by Crippen LogP contribution is -2.39. The number of nitrogens with zero attached hydrogens (tertiary/aromatic N) is 1.